The minimum atomic E-state index is 0.375. The van der Waals surface area contributed by atoms with Crippen LogP contribution in [0, 0.1) is 0 Å². The summed E-state index contributed by atoms with van der Waals surface area (Å²) in [6, 6.07) is 11.9. The van der Waals surface area contributed by atoms with Gasteiger partial charge in [-0.3, -0.25) is 9.89 Å². The Morgan fingerprint density at radius 1 is 1.31 bits per heavy atom. The summed E-state index contributed by atoms with van der Waals surface area (Å²) in [6.45, 7) is 0.828. The van der Waals surface area contributed by atoms with Crippen LogP contribution in [0.15, 0.2) is 36.4 Å². The van der Waals surface area contributed by atoms with Gasteiger partial charge in [0.05, 0.1) is 12.3 Å². The van der Waals surface area contributed by atoms with Crippen LogP contribution < -0.4 is 0 Å². The standard InChI is InChI=1S/C12H12N2O2/c15-9-16-7-6-11-8-12(14-13-11)10-4-2-1-3-5-10/h1-5,8-9H,6-7H2,(H,13,14). The summed E-state index contributed by atoms with van der Waals surface area (Å²) in [5, 5.41) is 7.11. The Bertz CT molecular complexity index is 451. The first-order valence-corrected chi connectivity index (χ1v) is 5.05. The predicted octanol–water partition coefficient (Wildman–Crippen LogP) is 1.79. The van der Waals surface area contributed by atoms with Crippen molar-refractivity contribution in [3.63, 3.8) is 0 Å². The Morgan fingerprint density at radius 2 is 2.12 bits per heavy atom. The number of aromatic amines is 1. The highest BCUT2D eigenvalue weighted by molar-refractivity contribution is 5.58. The number of nitrogens with zero attached hydrogens (tertiary/aromatic N) is 1. The Hall–Kier alpha value is -2.10. The molecule has 0 unspecified atom stereocenters. The minimum Gasteiger partial charge on any atom is -0.467 e. The summed E-state index contributed by atoms with van der Waals surface area (Å²) in [4.78, 5) is 9.97. The fourth-order valence-electron chi connectivity index (χ4n) is 1.46. The van der Waals surface area contributed by atoms with E-state index in [1.807, 2.05) is 36.4 Å². The molecule has 0 radical (unpaired) electrons. The highest BCUT2D eigenvalue weighted by Gasteiger charge is 2.02. The molecule has 0 aliphatic carbocycles. The molecule has 4 nitrogen and oxygen atoms in total. The average molecular weight is 216 g/mol. The normalized spacial score (nSPS) is 10.0. The van der Waals surface area contributed by atoms with Crippen LogP contribution in [0.3, 0.4) is 0 Å². The molecule has 4 heteroatoms. The molecule has 2 rings (SSSR count). The van der Waals surface area contributed by atoms with Crippen molar-refractivity contribution in [1.29, 1.82) is 0 Å². The van der Waals surface area contributed by atoms with E-state index in [0.717, 1.165) is 17.0 Å². The van der Waals surface area contributed by atoms with Crippen LogP contribution in [-0.4, -0.2) is 23.3 Å². The zero-order valence-electron chi connectivity index (χ0n) is 8.72. The van der Waals surface area contributed by atoms with E-state index < -0.39 is 0 Å². The molecule has 0 bridgehead atoms. The van der Waals surface area contributed by atoms with Gasteiger partial charge in [0.15, 0.2) is 0 Å². The number of benzene rings is 1. The highest BCUT2D eigenvalue weighted by Crippen LogP contribution is 2.16. The van der Waals surface area contributed by atoms with Crippen molar-refractivity contribution >= 4 is 6.47 Å². The summed E-state index contributed by atoms with van der Waals surface area (Å²) in [6.07, 6.45) is 0.651. The molecule has 1 aromatic carbocycles. The number of nitrogens with one attached hydrogen (secondary N) is 1. The van der Waals surface area contributed by atoms with Crippen LogP contribution in [0.2, 0.25) is 0 Å². The molecule has 0 aliphatic rings. The molecule has 16 heavy (non-hydrogen) atoms. The molecule has 0 atom stereocenters. The summed E-state index contributed by atoms with van der Waals surface area (Å²) >= 11 is 0. The van der Waals surface area contributed by atoms with Gasteiger partial charge in [-0.05, 0) is 6.07 Å². The van der Waals surface area contributed by atoms with Gasteiger partial charge in [0.2, 0.25) is 0 Å². The van der Waals surface area contributed by atoms with Gasteiger partial charge in [0, 0.05) is 17.7 Å². The van der Waals surface area contributed by atoms with Gasteiger partial charge in [0.1, 0.15) is 0 Å². The predicted molar refractivity (Wildman–Crippen MR) is 59.7 cm³/mol. The van der Waals surface area contributed by atoms with E-state index in [9.17, 15) is 4.79 Å². The number of carbonyl (C=O) groups excluding carboxylic acids is 1. The van der Waals surface area contributed by atoms with Crippen molar-refractivity contribution in [3.05, 3.63) is 42.1 Å². The topological polar surface area (TPSA) is 55.0 Å². The lowest BCUT2D eigenvalue weighted by molar-refractivity contribution is -0.128. The van der Waals surface area contributed by atoms with Gasteiger partial charge in [0.25, 0.3) is 6.47 Å². The van der Waals surface area contributed by atoms with Crippen LogP contribution in [0.4, 0.5) is 0 Å². The van der Waals surface area contributed by atoms with E-state index in [0.29, 0.717) is 19.5 Å². The second kappa shape index (κ2) is 5.11. The Labute approximate surface area is 93.3 Å². The monoisotopic (exact) mass is 216 g/mol. The van der Waals surface area contributed by atoms with Crippen molar-refractivity contribution in [1.82, 2.24) is 10.2 Å². The van der Waals surface area contributed by atoms with Gasteiger partial charge < -0.3 is 4.74 Å². The third-order valence-corrected chi connectivity index (χ3v) is 2.26. The van der Waals surface area contributed by atoms with Crippen LogP contribution in [0.1, 0.15) is 5.69 Å². The van der Waals surface area contributed by atoms with E-state index in [4.69, 9.17) is 0 Å². The molecule has 1 aromatic heterocycles. The van der Waals surface area contributed by atoms with Crippen LogP contribution in [0.25, 0.3) is 11.3 Å². The summed E-state index contributed by atoms with van der Waals surface area (Å²) in [7, 11) is 0. The van der Waals surface area contributed by atoms with Gasteiger partial charge in [-0.15, -0.1) is 0 Å². The summed E-state index contributed by atoms with van der Waals surface area (Å²) in [5.74, 6) is 0. The van der Waals surface area contributed by atoms with Crippen molar-refractivity contribution < 1.29 is 9.53 Å². The van der Waals surface area contributed by atoms with Gasteiger partial charge in [-0.1, -0.05) is 30.3 Å². The number of H-pyrrole nitrogens is 1. The second-order valence-electron chi connectivity index (χ2n) is 3.36. The van der Waals surface area contributed by atoms with Crippen molar-refractivity contribution in [3.8, 4) is 11.3 Å². The smallest absolute Gasteiger partial charge is 0.293 e. The van der Waals surface area contributed by atoms with Crippen molar-refractivity contribution in [2.75, 3.05) is 6.61 Å². The van der Waals surface area contributed by atoms with E-state index in [1.165, 1.54) is 0 Å². The van der Waals surface area contributed by atoms with Crippen molar-refractivity contribution in [2.45, 2.75) is 6.42 Å². The molecule has 1 heterocycles. The second-order valence-corrected chi connectivity index (χ2v) is 3.36. The maximum Gasteiger partial charge on any atom is 0.293 e. The lowest BCUT2D eigenvalue weighted by atomic mass is 10.1. The van der Waals surface area contributed by atoms with Crippen molar-refractivity contribution in [2.24, 2.45) is 0 Å². The van der Waals surface area contributed by atoms with E-state index >= 15 is 0 Å². The van der Waals surface area contributed by atoms with Gasteiger partial charge >= 0.3 is 0 Å². The number of hydrogen-bond acceptors (Lipinski definition) is 3. The summed E-state index contributed by atoms with van der Waals surface area (Å²) in [5.41, 5.74) is 2.93. The number of ether oxygens (including phenoxy) is 1. The first-order valence-electron chi connectivity index (χ1n) is 5.05. The molecule has 0 saturated heterocycles. The molecule has 1 N–H and O–H groups in total. The number of rotatable bonds is 5. The van der Waals surface area contributed by atoms with Crippen LogP contribution in [0.5, 0.6) is 0 Å². The highest BCUT2D eigenvalue weighted by atomic mass is 16.5. The van der Waals surface area contributed by atoms with E-state index in [-0.39, 0.29) is 0 Å². The fourth-order valence-corrected chi connectivity index (χ4v) is 1.46. The molecular weight excluding hydrogens is 204 g/mol. The third kappa shape index (κ3) is 2.48. The molecule has 0 spiro atoms. The van der Waals surface area contributed by atoms with Gasteiger partial charge in [-0.2, -0.15) is 5.10 Å². The zero-order chi connectivity index (χ0) is 11.2. The van der Waals surface area contributed by atoms with E-state index in [1.54, 1.807) is 0 Å². The lowest BCUT2D eigenvalue weighted by Crippen LogP contribution is -1.96. The minimum absolute atomic E-state index is 0.375. The van der Waals surface area contributed by atoms with Gasteiger partial charge in [-0.25, -0.2) is 0 Å². The lowest BCUT2D eigenvalue weighted by Gasteiger charge is -1.94. The molecule has 82 valence electrons. The Balaban J connectivity index is 2.05. The Kier molecular flexibility index (Phi) is 3.33. The largest absolute Gasteiger partial charge is 0.467 e. The average Bonchev–Trinajstić information content (AvgIpc) is 2.79. The van der Waals surface area contributed by atoms with Crippen LogP contribution >= 0.6 is 0 Å². The molecular formula is C12H12N2O2. The maximum atomic E-state index is 9.97. The summed E-state index contributed by atoms with van der Waals surface area (Å²) < 4.78 is 4.62. The zero-order valence-corrected chi connectivity index (χ0v) is 8.72. The molecule has 0 amide bonds. The SMILES string of the molecule is O=COCCc1cc(-c2ccccc2)n[nH]1. The quantitative estimate of drug-likeness (QED) is 0.612. The molecule has 0 aliphatic heterocycles. The number of aromatic nitrogens is 2. The first-order chi connectivity index (χ1) is 7.90. The first kappa shape index (κ1) is 10.4. The molecule has 0 saturated carbocycles. The molecule has 2 aromatic rings. The maximum absolute atomic E-state index is 9.97. The fraction of sp³-hybridized carbons (Fsp3) is 0.167. The van der Waals surface area contributed by atoms with Crippen LogP contribution in [-0.2, 0) is 16.0 Å². The number of hydrogen-bond donors (Lipinski definition) is 1. The Morgan fingerprint density at radius 3 is 2.88 bits per heavy atom. The third-order valence-electron chi connectivity index (χ3n) is 2.26. The molecule has 0 fully saturated rings. The number of carbonyl (C=O) groups is 1. The van der Waals surface area contributed by atoms with E-state index in [2.05, 4.69) is 14.9 Å².